The van der Waals surface area contributed by atoms with Gasteiger partial charge in [0.15, 0.2) is 6.29 Å². The van der Waals surface area contributed by atoms with E-state index in [4.69, 9.17) is 19.2 Å². The van der Waals surface area contributed by atoms with Crippen molar-refractivity contribution in [2.75, 3.05) is 31.7 Å². The minimum atomic E-state index is -0.927. The largest absolute Gasteiger partial charge is 0.493 e. The summed E-state index contributed by atoms with van der Waals surface area (Å²) in [5.41, 5.74) is 5.57. The maximum atomic E-state index is 11.8. The van der Waals surface area contributed by atoms with E-state index in [1.807, 2.05) is 30.3 Å². The summed E-state index contributed by atoms with van der Waals surface area (Å²) in [5.74, 6) is -0.199. The molecule has 0 aliphatic carbocycles. The summed E-state index contributed by atoms with van der Waals surface area (Å²) < 4.78 is 18.9. The highest BCUT2D eigenvalue weighted by molar-refractivity contribution is 5.81. The van der Waals surface area contributed by atoms with Crippen molar-refractivity contribution in [2.45, 2.75) is 38.0 Å². The van der Waals surface area contributed by atoms with Gasteiger partial charge >= 0.3 is 5.97 Å². The summed E-state index contributed by atoms with van der Waals surface area (Å²) in [6.45, 7) is 2.54. The van der Waals surface area contributed by atoms with Crippen LogP contribution < -0.4 is 10.1 Å². The number of hydrogen-bond donors (Lipinski definition) is 2. The van der Waals surface area contributed by atoms with Crippen LogP contribution in [0.5, 0.6) is 5.75 Å². The molecule has 38 heavy (non-hydrogen) atoms. The number of ether oxygens (including phenoxy) is 3. The molecule has 0 spiro atoms. The highest BCUT2D eigenvalue weighted by atomic mass is 16.7. The Hall–Kier alpha value is -4.02. The Labute approximate surface area is 219 Å². The molecule has 5 heterocycles. The van der Waals surface area contributed by atoms with E-state index in [1.54, 1.807) is 23.3 Å². The summed E-state index contributed by atoms with van der Waals surface area (Å²) in [5, 5.41) is 18.5. The van der Waals surface area contributed by atoms with Crippen LogP contribution in [-0.2, 0) is 27.1 Å². The van der Waals surface area contributed by atoms with Gasteiger partial charge in [-0.2, -0.15) is 5.10 Å². The Kier molecular flexibility index (Phi) is 6.89. The van der Waals surface area contributed by atoms with Gasteiger partial charge in [0.05, 0.1) is 55.4 Å². The SMILES string of the molecule is O=C(O)CC(c1cncc(C2OCCO2)c1)n1ncc2cc(OCCc3ccc4c(n3)CCCN4)ccc21. The fourth-order valence-corrected chi connectivity index (χ4v) is 5.01. The first-order valence-corrected chi connectivity index (χ1v) is 12.9. The van der Waals surface area contributed by atoms with Crippen LogP contribution in [0.2, 0.25) is 0 Å². The molecule has 0 bridgehead atoms. The van der Waals surface area contributed by atoms with Crippen molar-refractivity contribution in [3.8, 4) is 5.75 Å². The van der Waals surface area contributed by atoms with Gasteiger partial charge in [0.25, 0.3) is 0 Å². The van der Waals surface area contributed by atoms with Gasteiger partial charge in [-0.1, -0.05) is 0 Å². The summed E-state index contributed by atoms with van der Waals surface area (Å²) >= 11 is 0. The Bertz CT molecular complexity index is 1450. The van der Waals surface area contributed by atoms with Gasteiger partial charge in [-0.25, -0.2) is 0 Å². The smallest absolute Gasteiger partial charge is 0.305 e. The van der Waals surface area contributed by atoms with E-state index in [1.165, 1.54) is 0 Å². The number of anilines is 1. The number of carbonyl (C=O) groups is 1. The second-order valence-corrected chi connectivity index (χ2v) is 9.47. The molecule has 0 saturated carbocycles. The number of carboxylic acids is 1. The van der Waals surface area contributed by atoms with Crippen LogP contribution in [0.15, 0.2) is 55.0 Å². The van der Waals surface area contributed by atoms with Crippen molar-refractivity contribution in [1.82, 2.24) is 19.7 Å². The van der Waals surface area contributed by atoms with E-state index >= 15 is 0 Å². The molecule has 6 rings (SSSR count). The molecule has 1 saturated heterocycles. The number of aromatic nitrogens is 4. The van der Waals surface area contributed by atoms with Crippen molar-refractivity contribution in [2.24, 2.45) is 0 Å². The second-order valence-electron chi connectivity index (χ2n) is 9.47. The summed E-state index contributed by atoms with van der Waals surface area (Å²) in [6.07, 6.45) is 7.26. The summed E-state index contributed by atoms with van der Waals surface area (Å²) in [7, 11) is 0. The standard InChI is InChI=1S/C28H29N5O5/c34-27(35)14-26(18-12-20(16-29-15-18)28-37-10-11-38-28)33-25-6-4-22(13-19(25)17-31-33)36-9-7-21-3-5-23-24(32-21)2-1-8-30-23/h3-6,12-13,15-17,26,28,30H,1-2,7-11,14H2,(H,34,35). The van der Waals surface area contributed by atoms with E-state index in [0.717, 1.165) is 64.2 Å². The van der Waals surface area contributed by atoms with Gasteiger partial charge < -0.3 is 24.6 Å². The maximum absolute atomic E-state index is 11.8. The predicted molar refractivity (Wildman–Crippen MR) is 139 cm³/mol. The number of aryl methyl sites for hydroxylation is 1. The van der Waals surface area contributed by atoms with Crippen molar-refractivity contribution >= 4 is 22.6 Å². The van der Waals surface area contributed by atoms with E-state index in [2.05, 4.69) is 21.5 Å². The second kappa shape index (κ2) is 10.8. The minimum Gasteiger partial charge on any atom is -0.493 e. The zero-order chi connectivity index (χ0) is 25.9. The fourth-order valence-electron chi connectivity index (χ4n) is 5.01. The zero-order valence-electron chi connectivity index (χ0n) is 20.9. The third-order valence-corrected chi connectivity index (χ3v) is 6.85. The minimum absolute atomic E-state index is 0.143. The van der Waals surface area contributed by atoms with Crippen LogP contribution in [0.1, 0.15) is 47.7 Å². The number of aliphatic carboxylic acids is 1. The lowest BCUT2D eigenvalue weighted by Crippen LogP contribution is -2.17. The molecule has 1 aromatic carbocycles. The average Bonchev–Trinajstić information content (AvgIpc) is 3.62. The molecule has 3 aromatic heterocycles. The molecule has 2 N–H and O–H groups in total. The first-order chi connectivity index (χ1) is 18.6. The maximum Gasteiger partial charge on any atom is 0.305 e. The highest BCUT2D eigenvalue weighted by Gasteiger charge is 2.24. The number of nitrogens with zero attached hydrogens (tertiary/aromatic N) is 4. The van der Waals surface area contributed by atoms with E-state index in [-0.39, 0.29) is 6.42 Å². The number of fused-ring (bicyclic) bond motifs is 2. The number of carboxylic acid groups (broad SMARTS) is 1. The molecule has 196 valence electrons. The van der Waals surface area contributed by atoms with Crippen LogP contribution in [0.25, 0.3) is 10.9 Å². The van der Waals surface area contributed by atoms with Gasteiger partial charge in [0.1, 0.15) is 5.75 Å². The van der Waals surface area contributed by atoms with Gasteiger partial charge in [-0.15, -0.1) is 0 Å². The van der Waals surface area contributed by atoms with Crippen LogP contribution >= 0.6 is 0 Å². The molecule has 0 radical (unpaired) electrons. The number of benzene rings is 1. The highest BCUT2D eigenvalue weighted by Crippen LogP contribution is 2.31. The van der Waals surface area contributed by atoms with Crippen molar-refractivity contribution in [3.63, 3.8) is 0 Å². The normalized spacial score (nSPS) is 16.2. The Morgan fingerprint density at radius 2 is 2.05 bits per heavy atom. The lowest BCUT2D eigenvalue weighted by Gasteiger charge is -2.19. The Morgan fingerprint density at radius 3 is 2.92 bits per heavy atom. The fraction of sp³-hybridized carbons (Fsp3) is 0.357. The summed E-state index contributed by atoms with van der Waals surface area (Å²) in [6, 6.07) is 11.2. The monoisotopic (exact) mass is 515 g/mol. The summed E-state index contributed by atoms with van der Waals surface area (Å²) in [4.78, 5) is 20.9. The van der Waals surface area contributed by atoms with E-state index < -0.39 is 18.3 Å². The van der Waals surface area contributed by atoms with Crippen LogP contribution in [0.3, 0.4) is 0 Å². The Morgan fingerprint density at radius 1 is 1.16 bits per heavy atom. The molecule has 10 heteroatoms. The molecule has 2 aliphatic heterocycles. The number of pyridine rings is 2. The van der Waals surface area contributed by atoms with Crippen LogP contribution in [-0.4, -0.2) is 57.2 Å². The van der Waals surface area contributed by atoms with E-state index in [9.17, 15) is 9.90 Å². The van der Waals surface area contributed by atoms with Gasteiger partial charge in [0, 0.05) is 42.0 Å². The van der Waals surface area contributed by atoms with Crippen LogP contribution in [0, 0.1) is 0 Å². The number of rotatable bonds is 9. The van der Waals surface area contributed by atoms with Crippen LogP contribution in [0.4, 0.5) is 5.69 Å². The number of hydrogen-bond acceptors (Lipinski definition) is 8. The molecule has 10 nitrogen and oxygen atoms in total. The molecular weight excluding hydrogens is 486 g/mol. The average molecular weight is 516 g/mol. The van der Waals surface area contributed by atoms with E-state index in [0.29, 0.717) is 26.2 Å². The van der Waals surface area contributed by atoms with Gasteiger partial charge in [-0.3, -0.25) is 19.4 Å². The topological polar surface area (TPSA) is 121 Å². The van der Waals surface area contributed by atoms with Gasteiger partial charge in [0.2, 0.25) is 0 Å². The lowest BCUT2D eigenvalue weighted by molar-refractivity contribution is -0.137. The quantitative estimate of drug-likeness (QED) is 0.342. The third kappa shape index (κ3) is 5.18. The molecule has 0 amide bonds. The number of nitrogens with one attached hydrogen (secondary N) is 1. The lowest BCUT2D eigenvalue weighted by atomic mass is 10.0. The molecular formula is C28H29N5O5. The van der Waals surface area contributed by atoms with Crippen molar-refractivity contribution in [3.05, 3.63) is 77.5 Å². The molecule has 2 aliphatic rings. The zero-order valence-corrected chi connectivity index (χ0v) is 20.9. The van der Waals surface area contributed by atoms with Gasteiger partial charge in [-0.05, 0) is 54.8 Å². The Balaban J connectivity index is 1.19. The first-order valence-electron chi connectivity index (χ1n) is 12.9. The van der Waals surface area contributed by atoms with Crippen molar-refractivity contribution in [1.29, 1.82) is 0 Å². The molecule has 4 aromatic rings. The molecule has 1 fully saturated rings. The molecule has 1 unspecified atom stereocenters. The first kappa shape index (κ1) is 24.3. The van der Waals surface area contributed by atoms with Crippen molar-refractivity contribution < 1.29 is 24.1 Å². The third-order valence-electron chi connectivity index (χ3n) is 6.85. The predicted octanol–water partition coefficient (Wildman–Crippen LogP) is 3.92. The molecule has 1 atom stereocenters.